The molecule has 13 heavy (non-hydrogen) atoms. The van der Waals surface area contributed by atoms with Crippen LogP contribution in [-0.4, -0.2) is 15.0 Å². The van der Waals surface area contributed by atoms with Gasteiger partial charge in [-0.05, 0) is 19.1 Å². The highest BCUT2D eigenvalue weighted by Crippen LogP contribution is 2.18. The average Bonchev–Trinajstić information content (AvgIpc) is 2.47. The smallest absolute Gasteiger partial charge is 0.294 e. The third-order valence-corrected chi connectivity index (χ3v) is 2.48. The summed E-state index contributed by atoms with van der Waals surface area (Å²) in [7, 11) is 1.29. The summed E-state index contributed by atoms with van der Waals surface area (Å²) in [6, 6.07) is 2.82. The van der Waals surface area contributed by atoms with Crippen LogP contribution in [0.3, 0.4) is 0 Å². The number of hydrogen-bond donors (Lipinski definition) is 0. The van der Waals surface area contributed by atoms with Crippen molar-refractivity contribution in [2.45, 2.75) is 18.6 Å². The van der Waals surface area contributed by atoms with Gasteiger partial charge in [0, 0.05) is 17.3 Å². The Labute approximate surface area is 80.9 Å². The molecule has 0 radical (unpaired) electrons. The zero-order chi connectivity index (χ0) is 9.90. The molecule has 0 aromatic carbocycles. The Morgan fingerprint density at radius 1 is 1.54 bits per heavy atom. The van der Waals surface area contributed by atoms with Crippen LogP contribution in [0.5, 0.6) is 0 Å². The Balaban J connectivity index is 2.76. The summed E-state index contributed by atoms with van der Waals surface area (Å²) >= 11 is 0. The van der Waals surface area contributed by atoms with E-state index >= 15 is 0 Å². The highest BCUT2D eigenvalue weighted by molar-refractivity contribution is 8.13. The van der Waals surface area contributed by atoms with Gasteiger partial charge in [-0.2, -0.15) is 0 Å². The van der Waals surface area contributed by atoms with Crippen molar-refractivity contribution >= 4 is 19.7 Å². The van der Waals surface area contributed by atoms with E-state index in [1.165, 1.54) is 12.1 Å². The molecule has 0 aliphatic heterocycles. The molecule has 4 nitrogen and oxygen atoms in total. The van der Waals surface area contributed by atoms with Crippen molar-refractivity contribution in [3.8, 4) is 0 Å². The lowest BCUT2D eigenvalue weighted by Crippen LogP contribution is -1.90. The minimum Gasteiger partial charge on any atom is -0.446 e. The summed E-state index contributed by atoms with van der Waals surface area (Å²) in [4.78, 5) is 0. The molecule has 0 N–H and O–H groups in total. The van der Waals surface area contributed by atoms with Crippen molar-refractivity contribution in [3.63, 3.8) is 0 Å². The van der Waals surface area contributed by atoms with Gasteiger partial charge in [0.2, 0.25) is 5.09 Å². The summed E-state index contributed by atoms with van der Waals surface area (Å²) in [6.07, 6.45) is 0. The fraction of sp³-hybridized carbons (Fsp3) is 0.429. The molecule has 1 heterocycles. The third kappa shape index (κ3) is 3.02. The van der Waals surface area contributed by atoms with E-state index in [1.807, 2.05) is 6.92 Å². The quantitative estimate of drug-likeness (QED) is 0.731. The zero-order valence-corrected chi connectivity index (χ0v) is 8.56. The molecular formula is C7H9ClO4S. The summed E-state index contributed by atoms with van der Waals surface area (Å²) < 4.78 is 31.4. The van der Waals surface area contributed by atoms with Crippen LogP contribution in [0.2, 0.25) is 0 Å². The molecule has 0 atom stereocenters. The van der Waals surface area contributed by atoms with Crippen LogP contribution in [0.15, 0.2) is 21.6 Å². The Kier molecular flexibility index (Phi) is 3.35. The normalized spacial score (nSPS) is 11.8. The number of rotatable bonds is 4. The molecule has 0 spiro atoms. The van der Waals surface area contributed by atoms with Gasteiger partial charge < -0.3 is 9.15 Å². The molecular weight excluding hydrogens is 216 g/mol. The minimum atomic E-state index is -3.76. The van der Waals surface area contributed by atoms with Crippen LogP contribution in [0.1, 0.15) is 12.7 Å². The lowest BCUT2D eigenvalue weighted by atomic mass is 10.5. The zero-order valence-electron chi connectivity index (χ0n) is 6.99. The Hall–Kier alpha value is -0.520. The topological polar surface area (TPSA) is 56.5 Å². The van der Waals surface area contributed by atoms with E-state index in [0.29, 0.717) is 12.4 Å². The predicted octanol–water partition coefficient (Wildman–Crippen LogP) is 1.74. The number of hydrogen-bond acceptors (Lipinski definition) is 4. The van der Waals surface area contributed by atoms with Crippen LogP contribution in [0.25, 0.3) is 0 Å². The van der Waals surface area contributed by atoms with E-state index < -0.39 is 9.05 Å². The number of halogens is 1. The monoisotopic (exact) mass is 224 g/mol. The average molecular weight is 225 g/mol. The highest BCUT2D eigenvalue weighted by Gasteiger charge is 2.14. The molecule has 0 aliphatic rings. The van der Waals surface area contributed by atoms with Gasteiger partial charge in [-0.3, -0.25) is 0 Å². The molecule has 6 heteroatoms. The SMILES string of the molecule is CCOCc1ccc(S(=O)(=O)Cl)o1. The Bertz CT molecular complexity index is 368. The van der Waals surface area contributed by atoms with Crippen molar-refractivity contribution in [1.29, 1.82) is 0 Å². The molecule has 0 fully saturated rings. The summed E-state index contributed by atoms with van der Waals surface area (Å²) in [5.41, 5.74) is 0. The first-order valence-corrected chi connectivity index (χ1v) is 5.96. The molecule has 0 unspecified atom stereocenters. The van der Waals surface area contributed by atoms with Crippen molar-refractivity contribution in [2.24, 2.45) is 0 Å². The molecule has 74 valence electrons. The van der Waals surface area contributed by atoms with E-state index in [4.69, 9.17) is 19.8 Å². The molecule has 0 saturated heterocycles. The molecule has 0 saturated carbocycles. The van der Waals surface area contributed by atoms with Crippen molar-refractivity contribution in [2.75, 3.05) is 6.61 Å². The van der Waals surface area contributed by atoms with Crippen LogP contribution < -0.4 is 0 Å². The van der Waals surface area contributed by atoms with Crippen LogP contribution in [-0.2, 0) is 20.4 Å². The van der Waals surface area contributed by atoms with Gasteiger partial charge in [0.15, 0.2) is 0 Å². The first-order valence-electron chi connectivity index (χ1n) is 3.65. The molecule has 1 rings (SSSR count). The van der Waals surface area contributed by atoms with Gasteiger partial charge in [-0.15, -0.1) is 0 Å². The van der Waals surface area contributed by atoms with E-state index in [9.17, 15) is 8.42 Å². The molecule has 1 aromatic heterocycles. The molecule has 0 bridgehead atoms. The van der Waals surface area contributed by atoms with Gasteiger partial charge >= 0.3 is 0 Å². The van der Waals surface area contributed by atoms with E-state index in [2.05, 4.69) is 0 Å². The lowest BCUT2D eigenvalue weighted by molar-refractivity contribution is 0.115. The maximum absolute atomic E-state index is 10.8. The molecule has 0 aliphatic carbocycles. The fourth-order valence-electron chi connectivity index (χ4n) is 0.770. The Morgan fingerprint density at radius 3 is 2.69 bits per heavy atom. The summed E-state index contributed by atoms with van der Waals surface area (Å²) in [5, 5.41) is -0.246. The van der Waals surface area contributed by atoms with Crippen molar-refractivity contribution < 1.29 is 17.6 Å². The van der Waals surface area contributed by atoms with Crippen LogP contribution in [0.4, 0.5) is 0 Å². The first-order chi connectivity index (χ1) is 6.04. The van der Waals surface area contributed by atoms with Crippen LogP contribution >= 0.6 is 10.7 Å². The maximum atomic E-state index is 10.8. The lowest BCUT2D eigenvalue weighted by Gasteiger charge is -1.95. The van der Waals surface area contributed by atoms with Gasteiger partial charge in [0.05, 0.1) is 0 Å². The largest absolute Gasteiger partial charge is 0.446 e. The summed E-state index contributed by atoms with van der Waals surface area (Å²) in [5.74, 6) is 0.445. The second-order valence-electron chi connectivity index (χ2n) is 2.30. The molecule has 0 amide bonds. The first kappa shape index (κ1) is 10.6. The van der Waals surface area contributed by atoms with Gasteiger partial charge in [0.1, 0.15) is 12.4 Å². The fourth-order valence-corrected chi connectivity index (χ4v) is 1.46. The standard InChI is InChI=1S/C7H9ClO4S/c1-2-11-5-6-3-4-7(12-6)13(8,9)10/h3-4H,2,5H2,1H3. The predicted molar refractivity (Wildman–Crippen MR) is 47.1 cm³/mol. The number of ether oxygens (including phenoxy) is 1. The minimum absolute atomic E-state index is 0.246. The molecule has 1 aromatic rings. The van der Waals surface area contributed by atoms with Gasteiger partial charge in [-0.25, -0.2) is 8.42 Å². The van der Waals surface area contributed by atoms with Crippen molar-refractivity contribution in [3.05, 3.63) is 17.9 Å². The maximum Gasteiger partial charge on any atom is 0.294 e. The van der Waals surface area contributed by atoms with Crippen LogP contribution in [0, 0.1) is 0 Å². The van der Waals surface area contributed by atoms with E-state index in [1.54, 1.807) is 0 Å². The number of furan rings is 1. The van der Waals surface area contributed by atoms with Gasteiger partial charge in [-0.1, -0.05) is 0 Å². The van der Waals surface area contributed by atoms with Crippen molar-refractivity contribution in [1.82, 2.24) is 0 Å². The van der Waals surface area contributed by atoms with E-state index in [0.717, 1.165) is 0 Å². The van der Waals surface area contributed by atoms with E-state index in [-0.39, 0.29) is 11.7 Å². The summed E-state index contributed by atoms with van der Waals surface area (Å²) in [6.45, 7) is 2.63. The van der Waals surface area contributed by atoms with Gasteiger partial charge in [0.25, 0.3) is 9.05 Å². The highest BCUT2D eigenvalue weighted by atomic mass is 35.7. The Morgan fingerprint density at radius 2 is 2.23 bits per heavy atom. The second-order valence-corrected chi connectivity index (χ2v) is 4.79. The third-order valence-electron chi connectivity index (χ3n) is 1.33. The second kappa shape index (κ2) is 4.13.